The Labute approximate surface area is 149 Å². The number of benzene rings is 1. The molecular weight excluding hydrogens is 314 g/mol. The second kappa shape index (κ2) is 6.45. The van der Waals surface area contributed by atoms with Crippen molar-refractivity contribution < 1.29 is 9.53 Å². The van der Waals surface area contributed by atoms with Gasteiger partial charge in [-0.2, -0.15) is 0 Å². The van der Waals surface area contributed by atoms with Gasteiger partial charge < -0.3 is 9.30 Å². The maximum Gasteiger partial charge on any atom is 0.313 e. The summed E-state index contributed by atoms with van der Waals surface area (Å²) in [7, 11) is 0. The molecule has 2 aliphatic rings. The van der Waals surface area contributed by atoms with E-state index in [1.165, 1.54) is 11.9 Å². The Morgan fingerprint density at radius 2 is 2.12 bits per heavy atom. The van der Waals surface area contributed by atoms with Crippen molar-refractivity contribution >= 4 is 17.0 Å². The van der Waals surface area contributed by atoms with Crippen molar-refractivity contribution in [2.24, 2.45) is 5.41 Å². The van der Waals surface area contributed by atoms with E-state index in [2.05, 4.69) is 33.5 Å². The first-order chi connectivity index (χ1) is 12.2. The minimum atomic E-state index is -0.296. The van der Waals surface area contributed by atoms with E-state index in [1.54, 1.807) is 0 Å². The molecule has 0 N–H and O–H groups in total. The van der Waals surface area contributed by atoms with Crippen LogP contribution in [0.25, 0.3) is 11.0 Å². The number of fused-ring (bicyclic) bond motifs is 3. The summed E-state index contributed by atoms with van der Waals surface area (Å²) in [6.07, 6.45) is 6.08. The Morgan fingerprint density at radius 3 is 2.92 bits per heavy atom. The zero-order chi connectivity index (χ0) is 17.4. The molecule has 2 saturated heterocycles. The highest BCUT2D eigenvalue weighted by molar-refractivity contribution is 5.79. The average molecular weight is 341 g/mol. The minimum absolute atomic E-state index is 0.0165. The largest absolute Gasteiger partial charge is 0.466 e. The van der Waals surface area contributed by atoms with Crippen molar-refractivity contribution in [1.29, 1.82) is 0 Å². The van der Waals surface area contributed by atoms with Gasteiger partial charge in [-0.05, 0) is 44.7 Å². The predicted molar refractivity (Wildman–Crippen MR) is 97.2 cm³/mol. The molecule has 1 aromatic heterocycles. The molecule has 3 atom stereocenters. The fourth-order valence-electron chi connectivity index (χ4n) is 5.07. The molecule has 2 fully saturated rings. The molecule has 2 aliphatic heterocycles. The SMILES string of the molecule is CCOC(=O)[C@@]1(CC)C[C@H]2CC[C@@H]1N2CCn1cnc2ccccc21. The molecule has 5 heteroatoms. The molecule has 0 spiro atoms. The van der Waals surface area contributed by atoms with Crippen LogP contribution in [0.4, 0.5) is 0 Å². The van der Waals surface area contributed by atoms with Crippen LogP contribution in [0, 0.1) is 5.41 Å². The lowest BCUT2D eigenvalue weighted by molar-refractivity contribution is -0.157. The Balaban J connectivity index is 1.51. The Kier molecular flexibility index (Phi) is 4.28. The number of aromatic nitrogens is 2. The molecule has 1 aromatic carbocycles. The number of nitrogens with zero attached hydrogens (tertiary/aromatic N) is 3. The molecule has 0 aliphatic carbocycles. The Bertz CT molecular complexity index is 771. The molecule has 0 radical (unpaired) electrons. The summed E-state index contributed by atoms with van der Waals surface area (Å²) >= 11 is 0. The monoisotopic (exact) mass is 341 g/mol. The van der Waals surface area contributed by atoms with E-state index < -0.39 is 0 Å². The standard InChI is InChI=1S/C20H27N3O2/c1-3-20(19(24)25-4-2)13-15-9-10-18(20)23(15)12-11-22-14-21-16-7-5-6-8-17(16)22/h5-8,14-15,18H,3-4,9-13H2,1-2H3/t15-,18+,20+/m1/s1. The molecule has 5 nitrogen and oxygen atoms in total. The maximum absolute atomic E-state index is 12.7. The minimum Gasteiger partial charge on any atom is -0.466 e. The molecule has 25 heavy (non-hydrogen) atoms. The van der Waals surface area contributed by atoms with Crippen LogP contribution in [0.15, 0.2) is 30.6 Å². The summed E-state index contributed by atoms with van der Waals surface area (Å²) in [5.74, 6) is 0.0165. The van der Waals surface area contributed by atoms with Crippen LogP contribution in [-0.4, -0.2) is 45.7 Å². The zero-order valence-corrected chi connectivity index (χ0v) is 15.1. The third-order valence-corrected chi connectivity index (χ3v) is 6.32. The van der Waals surface area contributed by atoms with Crippen molar-refractivity contribution in [2.75, 3.05) is 13.2 Å². The normalized spacial score (nSPS) is 28.7. The van der Waals surface area contributed by atoms with Crippen molar-refractivity contribution in [1.82, 2.24) is 14.5 Å². The summed E-state index contributed by atoms with van der Waals surface area (Å²) in [4.78, 5) is 19.7. The highest BCUT2D eigenvalue weighted by Gasteiger charge is 2.59. The van der Waals surface area contributed by atoms with Crippen molar-refractivity contribution in [3.8, 4) is 0 Å². The first-order valence-corrected chi connectivity index (χ1v) is 9.52. The number of carbonyl (C=O) groups is 1. The number of hydrogen-bond donors (Lipinski definition) is 0. The fraction of sp³-hybridized carbons (Fsp3) is 0.600. The average Bonchev–Trinajstić information content (AvgIpc) is 3.31. The van der Waals surface area contributed by atoms with Gasteiger partial charge in [-0.25, -0.2) is 4.98 Å². The lowest BCUT2D eigenvalue weighted by Crippen LogP contribution is -2.44. The van der Waals surface area contributed by atoms with Gasteiger partial charge in [-0.15, -0.1) is 0 Å². The summed E-state index contributed by atoms with van der Waals surface area (Å²) < 4.78 is 7.68. The van der Waals surface area contributed by atoms with Gasteiger partial charge in [-0.1, -0.05) is 19.1 Å². The van der Waals surface area contributed by atoms with Crippen molar-refractivity contribution in [2.45, 2.75) is 58.2 Å². The van der Waals surface area contributed by atoms with Crippen LogP contribution in [-0.2, 0) is 16.1 Å². The summed E-state index contributed by atoms with van der Waals surface area (Å²) in [6, 6.07) is 9.10. The lowest BCUT2D eigenvalue weighted by Gasteiger charge is -2.34. The van der Waals surface area contributed by atoms with E-state index in [4.69, 9.17) is 4.74 Å². The molecule has 3 heterocycles. The third kappa shape index (κ3) is 2.56. The molecule has 0 amide bonds. The predicted octanol–water partition coefficient (Wildman–Crippen LogP) is 3.23. The smallest absolute Gasteiger partial charge is 0.313 e. The van der Waals surface area contributed by atoms with Crippen LogP contribution in [0.5, 0.6) is 0 Å². The number of imidazole rings is 1. The second-order valence-corrected chi connectivity index (χ2v) is 7.35. The van der Waals surface area contributed by atoms with Crippen LogP contribution < -0.4 is 0 Å². The van der Waals surface area contributed by atoms with Crippen molar-refractivity contribution in [3.63, 3.8) is 0 Å². The van der Waals surface area contributed by atoms with E-state index in [9.17, 15) is 4.79 Å². The van der Waals surface area contributed by atoms with E-state index in [1.807, 2.05) is 25.4 Å². The van der Waals surface area contributed by atoms with E-state index in [-0.39, 0.29) is 11.4 Å². The van der Waals surface area contributed by atoms with Gasteiger partial charge in [0.05, 0.1) is 29.4 Å². The maximum atomic E-state index is 12.7. The van der Waals surface area contributed by atoms with Crippen LogP contribution in [0.3, 0.4) is 0 Å². The Morgan fingerprint density at radius 1 is 1.28 bits per heavy atom. The van der Waals surface area contributed by atoms with Gasteiger partial charge in [0.1, 0.15) is 0 Å². The molecule has 4 rings (SSSR count). The molecule has 0 saturated carbocycles. The third-order valence-electron chi connectivity index (χ3n) is 6.32. The summed E-state index contributed by atoms with van der Waals surface area (Å²) in [6.45, 7) is 6.39. The number of ether oxygens (including phenoxy) is 1. The molecule has 0 unspecified atom stereocenters. The molecular formula is C20H27N3O2. The first kappa shape index (κ1) is 16.6. The van der Waals surface area contributed by atoms with Gasteiger partial charge in [-0.3, -0.25) is 9.69 Å². The highest BCUT2D eigenvalue weighted by atomic mass is 16.5. The summed E-state index contributed by atoms with van der Waals surface area (Å²) in [5.41, 5.74) is 1.93. The lowest BCUT2D eigenvalue weighted by atomic mass is 9.72. The first-order valence-electron chi connectivity index (χ1n) is 9.52. The summed E-state index contributed by atoms with van der Waals surface area (Å²) in [5, 5.41) is 0. The van der Waals surface area contributed by atoms with E-state index in [0.717, 1.165) is 37.9 Å². The number of carbonyl (C=O) groups excluding carboxylic acids is 1. The van der Waals surface area contributed by atoms with Crippen molar-refractivity contribution in [3.05, 3.63) is 30.6 Å². The van der Waals surface area contributed by atoms with Crippen LogP contribution in [0.2, 0.25) is 0 Å². The van der Waals surface area contributed by atoms with Gasteiger partial charge >= 0.3 is 5.97 Å². The molecule has 2 aromatic rings. The van der Waals surface area contributed by atoms with E-state index >= 15 is 0 Å². The van der Waals surface area contributed by atoms with Gasteiger partial charge in [0.2, 0.25) is 0 Å². The topological polar surface area (TPSA) is 47.4 Å². The highest BCUT2D eigenvalue weighted by Crippen LogP contribution is 2.52. The molecule has 2 bridgehead atoms. The van der Waals surface area contributed by atoms with E-state index in [0.29, 0.717) is 18.7 Å². The number of esters is 1. The fourth-order valence-corrected chi connectivity index (χ4v) is 5.07. The van der Waals surface area contributed by atoms with Crippen LogP contribution in [0.1, 0.15) is 39.5 Å². The Hall–Kier alpha value is -1.88. The molecule has 134 valence electrons. The van der Waals surface area contributed by atoms with Gasteiger partial charge in [0.25, 0.3) is 0 Å². The van der Waals surface area contributed by atoms with Crippen LogP contribution >= 0.6 is 0 Å². The second-order valence-electron chi connectivity index (χ2n) is 7.35. The van der Waals surface area contributed by atoms with Gasteiger partial charge in [0.15, 0.2) is 0 Å². The quantitative estimate of drug-likeness (QED) is 0.757. The number of rotatable bonds is 6. The zero-order valence-electron chi connectivity index (χ0n) is 15.1. The number of para-hydroxylation sites is 2. The van der Waals surface area contributed by atoms with Gasteiger partial charge in [0, 0.05) is 25.2 Å². The number of hydrogen-bond acceptors (Lipinski definition) is 4.